The van der Waals surface area contributed by atoms with Crippen molar-refractivity contribution in [2.24, 2.45) is 0 Å². The molecule has 1 saturated carbocycles. The lowest BCUT2D eigenvalue weighted by Gasteiger charge is -2.24. The van der Waals surface area contributed by atoms with Crippen LogP contribution in [0.1, 0.15) is 52.9 Å². The van der Waals surface area contributed by atoms with Crippen LogP contribution in [0.4, 0.5) is 0 Å². The van der Waals surface area contributed by atoms with E-state index in [1.165, 1.54) is 32.1 Å². The van der Waals surface area contributed by atoms with Crippen LogP contribution in [0.15, 0.2) is 11.8 Å². The Labute approximate surface area is 128 Å². The average molecular weight is 294 g/mol. The van der Waals surface area contributed by atoms with Gasteiger partial charge in [-0.05, 0) is 38.9 Å². The number of amides is 1. The van der Waals surface area contributed by atoms with Crippen molar-refractivity contribution in [3.63, 3.8) is 0 Å². The lowest BCUT2D eigenvalue weighted by Crippen LogP contribution is -2.39. The Morgan fingerprint density at radius 3 is 2.43 bits per heavy atom. The van der Waals surface area contributed by atoms with Gasteiger partial charge in [0.15, 0.2) is 0 Å². The first-order valence-corrected chi connectivity index (χ1v) is 8.10. The molecule has 0 aromatic carbocycles. The molecule has 0 atom stereocenters. The maximum absolute atomic E-state index is 11.8. The molecule has 1 aliphatic rings. The standard InChI is InChI=1S/C16H30N4O/c1-4-20(5-2)12-16(21)19-15(17)11-13(3)18-14-9-7-6-8-10-14/h11,14,18H,4-10,12H2,1-3H3,(H2,17,19,21)/b13-11-. The Bertz CT molecular complexity index is 368. The summed E-state index contributed by atoms with van der Waals surface area (Å²) in [7, 11) is 0. The molecule has 1 amide bonds. The molecule has 0 spiro atoms. The summed E-state index contributed by atoms with van der Waals surface area (Å²) in [5.41, 5.74) is 0.954. The van der Waals surface area contributed by atoms with E-state index in [-0.39, 0.29) is 11.7 Å². The number of allylic oxidation sites excluding steroid dienone is 1. The fraction of sp³-hybridized carbons (Fsp3) is 0.750. The monoisotopic (exact) mass is 294 g/mol. The quantitative estimate of drug-likeness (QED) is 0.498. The molecular weight excluding hydrogens is 264 g/mol. The first kappa shape index (κ1) is 17.7. The highest BCUT2D eigenvalue weighted by Crippen LogP contribution is 2.18. The van der Waals surface area contributed by atoms with Gasteiger partial charge in [-0.3, -0.25) is 15.1 Å². The molecule has 0 bridgehead atoms. The van der Waals surface area contributed by atoms with E-state index in [1.54, 1.807) is 6.08 Å². The zero-order chi connectivity index (χ0) is 15.7. The summed E-state index contributed by atoms with van der Waals surface area (Å²) >= 11 is 0. The highest BCUT2D eigenvalue weighted by atomic mass is 16.2. The van der Waals surface area contributed by atoms with E-state index in [0.717, 1.165) is 18.8 Å². The zero-order valence-electron chi connectivity index (χ0n) is 13.7. The highest BCUT2D eigenvalue weighted by molar-refractivity contribution is 6.03. The summed E-state index contributed by atoms with van der Waals surface area (Å²) < 4.78 is 0. The number of hydrogen-bond donors (Lipinski definition) is 3. The van der Waals surface area contributed by atoms with Gasteiger partial charge in [0, 0.05) is 11.7 Å². The van der Waals surface area contributed by atoms with E-state index in [4.69, 9.17) is 5.41 Å². The minimum Gasteiger partial charge on any atom is -0.386 e. The van der Waals surface area contributed by atoms with Crippen molar-refractivity contribution in [1.29, 1.82) is 5.41 Å². The van der Waals surface area contributed by atoms with Crippen molar-refractivity contribution in [1.82, 2.24) is 15.5 Å². The second kappa shape index (κ2) is 9.55. The van der Waals surface area contributed by atoms with Crippen LogP contribution in [-0.4, -0.2) is 42.3 Å². The number of rotatable bonds is 7. The zero-order valence-corrected chi connectivity index (χ0v) is 13.7. The van der Waals surface area contributed by atoms with E-state index in [1.807, 2.05) is 25.7 Å². The second-order valence-electron chi connectivity index (χ2n) is 5.73. The van der Waals surface area contributed by atoms with Crippen LogP contribution in [-0.2, 0) is 4.79 Å². The number of hydrogen-bond acceptors (Lipinski definition) is 4. The Hall–Kier alpha value is -1.36. The van der Waals surface area contributed by atoms with Gasteiger partial charge >= 0.3 is 0 Å². The Balaban J connectivity index is 2.36. The van der Waals surface area contributed by atoms with E-state index in [2.05, 4.69) is 10.6 Å². The number of carbonyl (C=O) groups is 1. The molecule has 0 radical (unpaired) electrons. The third-order valence-electron chi connectivity index (χ3n) is 3.93. The van der Waals surface area contributed by atoms with Crippen molar-refractivity contribution >= 4 is 11.7 Å². The molecule has 1 fully saturated rings. The van der Waals surface area contributed by atoms with Crippen LogP contribution in [0.3, 0.4) is 0 Å². The fourth-order valence-corrected chi connectivity index (χ4v) is 2.70. The molecular formula is C16H30N4O. The second-order valence-corrected chi connectivity index (χ2v) is 5.73. The Morgan fingerprint density at radius 1 is 1.24 bits per heavy atom. The van der Waals surface area contributed by atoms with Gasteiger partial charge in [0.1, 0.15) is 5.84 Å². The summed E-state index contributed by atoms with van der Waals surface area (Å²) in [4.78, 5) is 13.8. The lowest BCUT2D eigenvalue weighted by molar-refractivity contribution is -0.120. The topological polar surface area (TPSA) is 68.2 Å². The Kier molecular flexibility index (Phi) is 8.05. The fourth-order valence-electron chi connectivity index (χ4n) is 2.70. The molecule has 5 heteroatoms. The molecule has 0 aromatic heterocycles. The van der Waals surface area contributed by atoms with E-state index < -0.39 is 0 Å². The number of amidine groups is 1. The smallest absolute Gasteiger partial charge is 0.239 e. The SMILES string of the molecule is CCN(CC)CC(=O)NC(=N)/C=C(/C)NC1CCCCC1. The summed E-state index contributed by atoms with van der Waals surface area (Å²) in [6.07, 6.45) is 8.00. The number of likely N-dealkylation sites (N-methyl/N-ethyl adjacent to an activating group) is 1. The van der Waals surface area contributed by atoms with Crippen LogP contribution in [0.5, 0.6) is 0 Å². The number of carbonyl (C=O) groups excluding carboxylic acids is 1. The van der Waals surface area contributed by atoms with Crippen LogP contribution in [0.25, 0.3) is 0 Å². The summed E-state index contributed by atoms with van der Waals surface area (Å²) in [6.45, 7) is 8.04. The highest BCUT2D eigenvalue weighted by Gasteiger charge is 2.13. The van der Waals surface area contributed by atoms with Gasteiger partial charge in [0.05, 0.1) is 6.54 Å². The summed E-state index contributed by atoms with van der Waals surface area (Å²) in [5, 5.41) is 13.9. The Morgan fingerprint density at radius 2 is 1.86 bits per heavy atom. The minimum absolute atomic E-state index is 0.120. The molecule has 1 rings (SSSR count). The molecule has 1 aliphatic carbocycles. The van der Waals surface area contributed by atoms with Gasteiger partial charge in [-0.15, -0.1) is 0 Å². The van der Waals surface area contributed by atoms with Crippen LogP contribution in [0, 0.1) is 5.41 Å². The molecule has 0 saturated heterocycles. The first-order chi connectivity index (χ1) is 10.0. The third-order valence-corrected chi connectivity index (χ3v) is 3.93. The van der Waals surface area contributed by atoms with Crippen LogP contribution >= 0.6 is 0 Å². The van der Waals surface area contributed by atoms with E-state index in [0.29, 0.717) is 12.6 Å². The molecule has 0 aliphatic heterocycles. The molecule has 3 N–H and O–H groups in total. The van der Waals surface area contributed by atoms with E-state index >= 15 is 0 Å². The van der Waals surface area contributed by atoms with Crippen molar-refractivity contribution in [3.05, 3.63) is 11.8 Å². The van der Waals surface area contributed by atoms with Crippen molar-refractivity contribution in [2.45, 2.75) is 58.9 Å². The van der Waals surface area contributed by atoms with Gasteiger partial charge in [0.25, 0.3) is 0 Å². The predicted molar refractivity (Wildman–Crippen MR) is 87.4 cm³/mol. The van der Waals surface area contributed by atoms with Crippen molar-refractivity contribution in [2.75, 3.05) is 19.6 Å². The van der Waals surface area contributed by atoms with Gasteiger partial charge in [0.2, 0.25) is 5.91 Å². The first-order valence-electron chi connectivity index (χ1n) is 8.10. The molecule has 5 nitrogen and oxygen atoms in total. The normalized spacial score (nSPS) is 16.9. The van der Waals surface area contributed by atoms with Gasteiger partial charge in [-0.1, -0.05) is 33.1 Å². The van der Waals surface area contributed by atoms with Crippen LogP contribution < -0.4 is 10.6 Å². The van der Waals surface area contributed by atoms with E-state index in [9.17, 15) is 4.79 Å². The van der Waals surface area contributed by atoms with Crippen LogP contribution in [0.2, 0.25) is 0 Å². The molecule has 0 aromatic rings. The molecule has 120 valence electrons. The van der Waals surface area contributed by atoms with Crippen molar-refractivity contribution < 1.29 is 4.79 Å². The van der Waals surface area contributed by atoms with Gasteiger partial charge < -0.3 is 10.6 Å². The maximum atomic E-state index is 11.8. The number of nitrogens with one attached hydrogen (secondary N) is 3. The average Bonchev–Trinajstić information content (AvgIpc) is 2.45. The van der Waals surface area contributed by atoms with Crippen molar-refractivity contribution in [3.8, 4) is 0 Å². The van der Waals surface area contributed by atoms with Gasteiger partial charge in [-0.25, -0.2) is 0 Å². The summed E-state index contributed by atoms with van der Waals surface area (Å²) in [6, 6.07) is 0.522. The molecule has 0 heterocycles. The predicted octanol–water partition coefficient (Wildman–Crippen LogP) is 2.25. The minimum atomic E-state index is -0.120. The molecule has 0 unspecified atom stereocenters. The number of nitrogens with zero attached hydrogens (tertiary/aromatic N) is 1. The third kappa shape index (κ3) is 7.27. The largest absolute Gasteiger partial charge is 0.386 e. The summed E-state index contributed by atoms with van der Waals surface area (Å²) in [5.74, 6) is 0.0402. The molecule has 21 heavy (non-hydrogen) atoms. The lowest BCUT2D eigenvalue weighted by atomic mass is 9.95. The van der Waals surface area contributed by atoms with Gasteiger partial charge in [-0.2, -0.15) is 0 Å². The maximum Gasteiger partial charge on any atom is 0.239 e.